The van der Waals surface area contributed by atoms with Gasteiger partial charge in [-0.2, -0.15) is 0 Å². The Morgan fingerprint density at radius 2 is 1.94 bits per heavy atom. The first kappa shape index (κ1) is 10.7. The smallest absolute Gasteiger partial charge is 0.162 e. The third kappa shape index (κ3) is 2.06. The highest BCUT2D eigenvalue weighted by molar-refractivity contribution is 5.62. The average Bonchev–Trinajstić information content (AvgIpc) is 2.77. The van der Waals surface area contributed by atoms with E-state index in [1.165, 1.54) is 0 Å². The summed E-state index contributed by atoms with van der Waals surface area (Å²) in [6.07, 6.45) is 0. The van der Waals surface area contributed by atoms with Gasteiger partial charge in [0.1, 0.15) is 12.3 Å². The molecule has 0 amide bonds. The molecule has 0 saturated carbocycles. The molecule has 2 rings (SSSR count). The molecule has 4 heteroatoms. The van der Waals surface area contributed by atoms with Crippen LogP contribution in [-0.4, -0.2) is 24.4 Å². The molecule has 16 heavy (non-hydrogen) atoms. The zero-order chi connectivity index (χ0) is 11.5. The van der Waals surface area contributed by atoms with Crippen molar-refractivity contribution in [2.75, 3.05) is 19.0 Å². The molecule has 0 aliphatic rings. The second-order valence-corrected chi connectivity index (χ2v) is 3.78. The number of aromatic nitrogens is 1. The fraction of sp³-hybridized carbons (Fsp3) is 0.250. The predicted octanol–water partition coefficient (Wildman–Crippen LogP) is 1.90. The molecular weight excluding hydrogens is 204 g/mol. The van der Waals surface area contributed by atoms with Crippen LogP contribution in [0.15, 0.2) is 34.9 Å². The molecule has 1 aromatic carbocycles. The quantitative estimate of drug-likeness (QED) is 0.854. The van der Waals surface area contributed by atoms with Gasteiger partial charge in [-0.15, -0.1) is 0 Å². The molecule has 2 aromatic rings. The van der Waals surface area contributed by atoms with Crippen LogP contribution in [0.25, 0.3) is 11.3 Å². The first-order valence-electron chi connectivity index (χ1n) is 5.05. The van der Waals surface area contributed by atoms with E-state index in [4.69, 9.17) is 9.63 Å². The monoisotopic (exact) mass is 218 g/mol. The lowest BCUT2D eigenvalue weighted by Crippen LogP contribution is -2.07. The largest absolute Gasteiger partial charge is 0.388 e. The summed E-state index contributed by atoms with van der Waals surface area (Å²) in [4.78, 5) is 2.03. The second kappa shape index (κ2) is 4.37. The molecule has 0 radical (unpaired) electrons. The van der Waals surface area contributed by atoms with Gasteiger partial charge in [-0.05, 0) is 12.1 Å². The lowest BCUT2D eigenvalue weighted by Gasteiger charge is -2.11. The highest BCUT2D eigenvalue weighted by atomic mass is 16.5. The molecule has 0 spiro atoms. The van der Waals surface area contributed by atoms with Gasteiger partial charge < -0.3 is 14.5 Å². The highest BCUT2D eigenvalue weighted by Gasteiger charge is 2.05. The van der Waals surface area contributed by atoms with E-state index in [9.17, 15) is 0 Å². The van der Waals surface area contributed by atoms with E-state index < -0.39 is 0 Å². The van der Waals surface area contributed by atoms with E-state index in [0.717, 1.165) is 16.9 Å². The Kier molecular flexibility index (Phi) is 2.92. The number of aliphatic hydroxyl groups is 1. The maximum absolute atomic E-state index is 8.87. The van der Waals surface area contributed by atoms with Gasteiger partial charge in [-0.3, -0.25) is 0 Å². The lowest BCUT2D eigenvalue weighted by atomic mass is 10.1. The molecule has 0 fully saturated rings. The van der Waals surface area contributed by atoms with Crippen LogP contribution >= 0.6 is 0 Å². The van der Waals surface area contributed by atoms with Crippen LogP contribution in [0.2, 0.25) is 0 Å². The van der Waals surface area contributed by atoms with Crippen molar-refractivity contribution in [3.05, 3.63) is 36.1 Å². The van der Waals surface area contributed by atoms with Crippen LogP contribution in [0.5, 0.6) is 0 Å². The minimum Gasteiger partial charge on any atom is -0.388 e. The summed E-state index contributed by atoms with van der Waals surface area (Å²) in [6, 6.07) is 9.73. The first-order chi connectivity index (χ1) is 7.70. The van der Waals surface area contributed by atoms with Crippen LogP contribution in [0.4, 0.5) is 5.69 Å². The minimum atomic E-state index is -0.122. The molecule has 1 N–H and O–H groups in total. The first-order valence-corrected chi connectivity index (χ1v) is 5.05. The molecular formula is C12H14N2O2. The SMILES string of the molecule is CN(C)c1ccc(-c2cc(CO)on2)cc1. The maximum atomic E-state index is 8.87. The Labute approximate surface area is 94.1 Å². The minimum absolute atomic E-state index is 0.122. The van der Waals surface area contributed by atoms with Crippen molar-refractivity contribution in [2.45, 2.75) is 6.61 Å². The van der Waals surface area contributed by atoms with Crippen molar-refractivity contribution >= 4 is 5.69 Å². The van der Waals surface area contributed by atoms with Gasteiger partial charge in [0.05, 0.1) is 0 Å². The predicted molar refractivity (Wildman–Crippen MR) is 62.2 cm³/mol. The van der Waals surface area contributed by atoms with E-state index >= 15 is 0 Å². The summed E-state index contributed by atoms with van der Waals surface area (Å²) >= 11 is 0. The molecule has 0 saturated heterocycles. The van der Waals surface area contributed by atoms with Crippen LogP contribution in [0, 0.1) is 0 Å². The number of hydrogen-bond acceptors (Lipinski definition) is 4. The molecule has 0 unspecified atom stereocenters. The summed E-state index contributed by atoms with van der Waals surface area (Å²) in [5, 5.41) is 12.8. The number of nitrogens with zero attached hydrogens (tertiary/aromatic N) is 2. The zero-order valence-corrected chi connectivity index (χ0v) is 9.34. The van der Waals surface area contributed by atoms with E-state index in [2.05, 4.69) is 5.16 Å². The van der Waals surface area contributed by atoms with E-state index in [1.54, 1.807) is 6.07 Å². The maximum Gasteiger partial charge on any atom is 0.162 e. The number of anilines is 1. The number of hydrogen-bond donors (Lipinski definition) is 1. The summed E-state index contributed by atoms with van der Waals surface area (Å²) in [5.74, 6) is 0.478. The molecule has 0 bridgehead atoms. The zero-order valence-electron chi connectivity index (χ0n) is 9.34. The fourth-order valence-corrected chi connectivity index (χ4v) is 1.45. The average molecular weight is 218 g/mol. The van der Waals surface area contributed by atoms with Gasteiger partial charge in [0.25, 0.3) is 0 Å². The standard InChI is InChI=1S/C12H14N2O2/c1-14(2)10-5-3-9(4-6-10)12-7-11(8-15)16-13-12/h3-7,15H,8H2,1-2H3. The second-order valence-electron chi connectivity index (χ2n) is 3.78. The van der Waals surface area contributed by atoms with Crippen LogP contribution in [-0.2, 0) is 6.61 Å². The Balaban J connectivity index is 2.27. The van der Waals surface area contributed by atoms with Crippen molar-refractivity contribution in [1.29, 1.82) is 0 Å². The summed E-state index contributed by atoms with van der Waals surface area (Å²) in [7, 11) is 3.99. The molecule has 4 nitrogen and oxygen atoms in total. The third-order valence-corrected chi connectivity index (χ3v) is 2.39. The van der Waals surface area contributed by atoms with Crippen molar-refractivity contribution in [3.63, 3.8) is 0 Å². The molecule has 0 aliphatic heterocycles. The highest BCUT2D eigenvalue weighted by Crippen LogP contribution is 2.22. The van der Waals surface area contributed by atoms with Crippen molar-refractivity contribution in [1.82, 2.24) is 5.16 Å². The van der Waals surface area contributed by atoms with E-state index in [1.807, 2.05) is 43.3 Å². The fourth-order valence-electron chi connectivity index (χ4n) is 1.45. The lowest BCUT2D eigenvalue weighted by molar-refractivity contribution is 0.229. The molecule has 0 atom stereocenters. The topological polar surface area (TPSA) is 49.5 Å². The van der Waals surface area contributed by atoms with Gasteiger partial charge in [-0.25, -0.2) is 0 Å². The van der Waals surface area contributed by atoms with Crippen LogP contribution in [0.3, 0.4) is 0 Å². The van der Waals surface area contributed by atoms with Crippen molar-refractivity contribution in [2.24, 2.45) is 0 Å². The van der Waals surface area contributed by atoms with Gasteiger partial charge in [0.15, 0.2) is 5.76 Å². The van der Waals surface area contributed by atoms with Crippen molar-refractivity contribution in [3.8, 4) is 11.3 Å². The molecule has 0 aliphatic carbocycles. The molecule has 1 aromatic heterocycles. The summed E-state index contributed by atoms with van der Waals surface area (Å²) in [5.41, 5.74) is 2.86. The van der Waals surface area contributed by atoms with Crippen LogP contribution < -0.4 is 4.90 Å². The number of benzene rings is 1. The Hall–Kier alpha value is -1.81. The summed E-state index contributed by atoms with van der Waals surface area (Å²) < 4.78 is 4.94. The van der Waals surface area contributed by atoms with E-state index in [0.29, 0.717) is 5.76 Å². The molecule has 84 valence electrons. The normalized spacial score (nSPS) is 10.4. The Morgan fingerprint density at radius 3 is 2.44 bits per heavy atom. The van der Waals surface area contributed by atoms with E-state index in [-0.39, 0.29) is 6.61 Å². The third-order valence-electron chi connectivity index (χ3n) is 2.39. The van der Waals surface area contributed by atoms with Gasteiger partial charge in [0, 0.05) is 31.4 Å². The van der Waals surface area contributed by atoms with Gasteiger partial charge in [-0.1, -0.05) is 17.3 Å². The number of rotatable bonds is 3. The van der Waals surface area contributed by atoms with Gasteiger partial charge >= 0.3 is 0 Å². The van der Waals surface area contributed by atoms with Gasteiger partial charge in [0.2, 0.25) is 0 Å². The Morgan fingerprint density at radius 1 is 1.25 bits per heavy atom. The van der Waals surface area contributed by atoms with Crippen LogP contribution in [0.1, 0.15) is 5.76 Å². The van der Waals surface area contributed by atoms with Crippen molar-refractivity contribution < 1.29 is 9.63 Å². The molecule has 1 heterocycles. The Bertz CT molecular complexity index is 460. The summed E-state index contributed by atoms with van der Waals surface area (Å²) in [6.45, 7) is -0.122. The number of aliphatic hydroxyl groups excluding tert-OH is 1.